The van der Waals surface area contributed by atoms with Crippen LogP contribution in [-0.4, -0.2) is 22.7 Å². The predicted octanol–water partition coefficient (Wildman–Crippen LogP) is 4.68. The third-order valence-electron chi connectivity index (χ3n) is 5.03. The van der Waals surface area contributed by atoms with E-state index in [1.165, 1.54) is 5.56 Å². The van der Waals surface area contributed by atoms with Gasteiger partial charge in [-0.25, -0.2) is 4.79 Å². The fourth-order valence-electron chi connectivity index (χ4n) is 3.68. The van der Waals surface area contributed by atoms with E-state index in [1.54, 1.807) is 0 Å². The molecule has 1 aromatic heterocycles. The highest BCUT2D eigenvalue weighted by molar-refractivity contribution is 5.97. The molecule has 1 amide bonds. The molecule has 0 spiro atoms. The highest BCUT2D eigenvalue weighted by Crippen LogP contribution is 2.35. The van der Waals surface area contributed by atoms with Crippen LogP contribution in [-0.2, 0) is 19.4 Å². The summed E-state index contributed by atoms with van der Waals surface area (Å²) in [6, 6.07) is 14.6. The Balaban J connectivity index is 2.32. The molecule has 0 fully saturated rings. The maximum atomic E-state index is 11.3. The number of aryl methyl sites for hydroxylation is 1. The first kappa shape index (κ1) is 20.8. The SMILES string of the molecule is Cc1ccc(-c2c(CNC(=O)O)c(CC(C)C)nc3ccc(CCN)cc23)cc1. The van der Waals surface area contributed by atoms with Crippen molar-refractivity contribution in [1.29, 1.82) is 0 Å². The topological polar surface area (TPSA) is 88.2 Å². The summed E-state index contributed by atoms with van der Waals surface area (Å²) in [5.74, 6) is 0.408. The second-order valence-electron chi connectivity index (χ2n) is 7.92. The molecule has 0 aliphatic heterocycles. The third-order valence-corrected chi connectivity index (χ3v) is 5.03. The minimum Gasteiger partial charge on any atom is -0.465 e. The van der Waals surface area contributed by atoms with E-state index >= 15 is 0 Å². The van der Waals surface area contributed by atoms with Gasteiger partial charge in [0.05, 0.1) is 5.52 Å². The molecule has 0 bridgehead atoms. The van der Waals surface area contributed by atoms with Gasteiger partial charge in [-0.05, 0) is 61.1 Å². The number of hydrogen-bond donors (Lipinski definition) is 3. The first-order valence-corrected chi connectivity index (χ1v) is 10.1. The number of benzene rings is 2. The van der Waals surface area contributed by atoms with Crippen LogP contribution in [0.4, 0.5) is 4.79 Å². The zero-order valence-corrected chi connectivity index (χ0v) is 17.3. The molecule has 5 heteroatoms. The van der Waals surface area contributed by atoms with Gasteiger partial charge in [0.1, 0.15) is 0 Å². The molecule has 4 N–H and O–H groups in total. The lowest BCUT2D eigenvalue weighted by Gasteiger charge is -2.19. The molecule has 0 radical (unpaired) electrons. The molecule has 0 aliphatic carbocycles. The van der Waals surface area contributed by atoms with Crippen molar-refractivity contribution in [2.45, 2.75) is 40.2 Å². The van der Waals surface area contributed by atoms with Gasteiger partial charge in [-0.1, -0.05) is 49.7 Å². The van der Waals surface area contributed by atoms with Crippen molar-refractivity contribution in [1.82, 2.24) is 10.3 Å². The van der Waals surface area contributed by atoms with Gasteiger partial charge in [0.25, 0.3) is 0 Å². The molecule has 29 heavy (non-hydrogen) atoms. The lowest BCUT2D eigenvalue weighted by Crippen LogP contribution is -2.22. The second kappa shape index (κ2) is 9.05. The summed E-state index contributed by atoms with van der Waals surface area (Å²) in [6.45, 7) is 7.17. The maximum absolute atomic E-state index is 11.3. The van der Waals surface area contributed by atoms with Gasteiger partial charge in [-0.2, -0.15) is 0 Å². The number of rotatable bonds is 7. The van der Waals surface area contributed by atoms with Gasteiger partial charge in [-0.15, -0.1) is 0 Å². The summed E-state index contributed by atoms with van der Waals surface area (Å²) in [5, 5.41) is 12.8. The normalized spacial score (nSPS) is 11.2. The Kier molecular flexibility index (Phi) is 6.49. The number of pyridine rings is 1. The molecule has 0 unspecified atom stereocenters. The lowest BCUT2D eigenvalue weighted by atomic mass is 9.90. The number of aromatic nitrogens is 1. The Labute approximate surface area is 172 Å². The molecule has 0 atom stereocenters. The predicted molar refractivity (Wildman–Crippen MR) is 118 cm³/mol. The van der Waals surface area contributed by atoms with Gasteiger partial charge in [-0.3, -0.25) is 4.98 Å². The average Bonchev–Trinajstić information content (AvgIpc) is 2.66. The minimum atomic E-state index is -1.03. The van der Waals surface area contributed by atoms with Crippen LogP contribution in [0.25, 0.3) is 22.0 Å². The van der Waals surface area contributed by atoms with Crippen LogP contribution in [0.2, 0.25) is 0 Å². The zero-order chi connectivity index (χ0) is 21.0. The molecule has 0 aliphatic rings. The standard InChI is InChI=1S/C24H29N3O2/c1-15(2)12-22-20(14-26-24(28)29)23(18-7-4-16(3)5-8-18)19-13-17(10-11-25)6-9-21(19)27-22/h4-9,13,15,26H,10-12,14,25H2,1-3H3,(H,28,29). The Morgan fingerprint density at radius 3 is 2.52 bits per heavy atom. The number of carboxylic acid groups (broad SMARTS) is 1. The second-order valence-corrected chi connectivity index (χ2v) is 7.92. The Morgan fingerprint density at radius 2 is 1.90 bits per heavy atom. The van der Waals surface area contributed by atoms with Crippen LogP contribution in [0.5, 0.6) is 0 Å². The molecule has 2 aromatic carbocycles. The van der Waals surface area contributed by atoms with Crippen molar-refractivity contribution >= 4 is 17.0 Å². The number of nitrogens with one attached hydrogen (secondary N) is 1. The van der Waals surface area contributed by atoms with E-state index in [9.17, 15) is 9.90 Å². The van der Waals surface area contributed by atoms with E-state index < -0.39 is 6.09 Å². The molecular weight excluding hydrogens is 362 g/mol. The molecule has 3 rings (SSSR count). The van der Waals surface area contributed by atoms with Crippen LogP contribution in [0.1, 0.15) is 36.2 Å². The van der Waals surface area contributed by atoms with E-state index in [0.717, 1.165) is 51.7 Å². The fraction of sp³-hybridized carbons (Fsp3) is 0.333. The van der Waals surface area contributed by atoms with Crippen molar-refractivity contribution in [3.63, 3.8) is 0 Å². The number of carbonyl (C=O) groups is 1. The Bertz CT molecular complexity index is 1010. The van der Waals surface area contributed by atoms with Gasteiger partial charge < -0.3 is 16.2 Å². The van der Waals surface area contributed by atoms with Crippen molar-refractivity contribution < 1.29 is 9.90 Å². The quantitative estimate of drug-likeness (QED) is 0.546. The lowest BCUT2D eigenvalue weighted by molar-refractivity contribution is 0.194. The van der Waals surface area contributed by atoms with E-state index in [-0.39, 0.29) is 6.54 Å². The molecule has 3 aromatic rings. The third kappa shape index (κ3) is 4.93. The van der Waals surface area contributed by atoms with Gasteiger partial charge in [0, 0.05) is 23.2 Å². The largest absolute Gasteiger partial charge is 0.465 e. The van der Waals surface area contributed by atoms with Crippen molar-refractivity contribution in [3.05, 3.63) is 64.8 Å². The number of amides is 1. The summed E-state index contributed by atoms with van der Waals surface area (Å²) >= 11 is 0. The Morgan fingerprint density at radius 1 is 1.17 bits per heavy atom. The Hall–Kier alpha value is -2.92. The van der Waals surface area contributed by atoms with Crippen molar-refractivity contribution in [2.24, 2.45) is 11.7 Å². The van der Waals surface area contributed by atoms with Crippen LogP contribution in [0.3, 0.4) is 0 Å². The smallest absolute Gasteiger partial charge is 0.404 e. The number of nitrogens with two attached hydrogens (primary N) is 1. The van der Waals surface area contributed by atoms with Crippen LogP contribution in [0.15, 0.2) is 42.5 Å². The zero-order valence-electron chi connectivity index (χ0n) is 17.3. The number of nitrogens with zero attached hydrogens (tertiary/aromatic N) is 1. The van der Waals surface area contributed by atoms with Crippen LogP contribution in [0, 0.1) is 12.8 Å². The van der Waals surface area contributed by atoms with Gasteiger partial charge >= 0.3 is 6.09 Å². The van der Waals surface area contributed by atoms with Crippen molar-refractivity contribution in [3.8, 4) is 11.1 Å². The molecule has 152 valence electrons. The van der Waals surface area contributed by atoms with Crippen LogP contribution >= 0.6 is 0 Å². The monoisotopic (exact) mass is 391 g/mol. The van der Waals surface area contributed by atoms with E-state index in [1.807, 2.05) is 0 Å². The van der Waals surface area contributed by atoms with Crippen LogP contribution < -0.4 is 11.1 Å². The molecule has 0 saturated heterocycles. The van der Waals surface area contributed by atoms with Gasteiger partial charge in [0.15, 0.2) is 0 Å². The van der Waals surface area contributed by atoms with E-state index in [2.05, 4.69) is 68.6 Å². The summed E-state index contributed by atoms with van der Waals surface area (Å²) in [7, 11) is 0. The molecule has 5 nitrogen and oxygen atoms in total. The molecule has 1 heterocycles. The maximum Gasteiger partial charge on any atom is 0.404 e. The summed E-state index contributed by atoms with van der Waals surface area (Å²) < 4.78 is 0. The van der Waals surface area contributed by atoms with Crippen molar-refractivity contribution in [2.75, 3.05) is 6.54 Å². The first-order valence-electron chi connectivity index (χ1n) is 10.1. The minimum absolute atomic E-state index is 0.227. The van der Waals surface area contributed by atoms with E-state index in [0.29, 0.717) is 12.5 Å². The fourth-order valence-corrected chi connectivity index (χ4v) is 3.68. The molecular formula is C24H29N3O2. The van der Waals surface area contributed by atoms with Gasteiger partial charge in [0.2, 0.25) is 0 Å². The van der Waals surface area contributed by atoms with E-state index in [4.69, 9.17) is 10.7 Å². The molecule has 0 saturated carbocycles. The summed E-state index contributed by atoms with van der Waals surface area (Å²) in [6.07, 6.45) is 0.544. The average molecular weight is 392 g/mol. The number of fused-ring (bicyclic) bond motifs is 1. The highest BCUT2D eigenvalue weighted by Gasteiger charge is 2.18. The first-order chi connectivity index (χ1) is 13.9. The highest BCUT2D eigenvalue weighted by atomic mass is 16.4. The number of hydrogen-bond acceptors (Lipinski definition) is 3. The summed E-state index contributed by atoms with van der Waals surface area (Å²) in [4.78, 5) is 16.2. The summed E-state index contributed by atoms with van der Waals surface area (Å²) in [5.41, 5.74) is 13.1.